The minimum absolute atomic E-state index is 0.261. The van der Waals surface area contributed by atoms with Gasteiger partial charge in [-0.1, -0.05) is 97.3 Å². The number of carboxylic acids is 1. The van der Waals surface area contributed by atoms with Crippen molar-refractivity contribution in [2.24, 2.45) is 5.92 Å². The molecule has 0 saturated heterocycles. The van der Waals surface area contributed by atoms with Crippen molar-refractivity contribution < 1.29 is 9.90 Å². The van der Waals surface area contributed by atoms with Gasteiger partial charge >= 0.3 is 0 Å². The van der Waals surface area contributed by atoms with Crippen molar-refractivity contribution >= 4 is 5.97 Å². The van der Waals surface area contributed by atoms with E-state index in [0.29, 0.717) is 5.92 Å². The Morgan fingerprint density at radius 1 is 0.750 bits per heavy atom. The smallest absolute Gasteiger partial charge is 0.0417 e. The van der Waals surface area contributed by atoms with Gasteiger partial charge in [0.25, 0.3) is 0 Å². The van der Waals surface area contributed by atoms with E-state index in [9.17, 15) is 9.90 Å². The van der Waals surface area contributed by atoms with Crippen molar-refractivity contribution in [3.05, 3.63) is 0 Å². The average molecular weight is 283 g/mol. The Morgan fingerprint density at radius 3 is 1.70 bits per heavy atom. The molecule has 0 rings (SSSR count). The summed E-state index contributed by atoms with van der Waals surface area (Å²) < 4.78 is 0. The van der Waals surface area contributed by atoms with Crippen molar-refractivity contribution in [3.8, 4) is 0 Å². The standard InChI is InChI=1S/C18H36O2/c1-3-5-7-8-9-10-11-12-13-15-17(14-6-4-2)16-18(19)20/h17H,3-16H2,1-2H3,(H,19,20)/p-1. The Balaban J connectivity index is 3.45. The molecule has 1 atom stereocenters. The van der Waals surface area contributed by atoms with Gasteiger partial charge in [0.15, 0.2) is 0 Å². The molecule has 0 radical (unpaired) electrons. The molecule has 0 aromatic rings. The van der Waals surface area contributed by atoms with Crippen LogP contribution >= 0.6 is 0 Å². The van der Waals surface area contributed by atoms with Gasteiger partial charge in [0.1, 0.15) is 0 Å². The number of carboxylic acid groups (broad SMARTS) is 1. The number of aliphatic carboxylic acids is 1. The van der Waals surface area contributed by atoms with E-state index in [1.807, 2.05) is 0 Å². The van der Waals surface area contributed by atoms with E-state index in [-0.39, 0.29) is 6.42 Å². The van der Waals surface area contributed by atoms with Gasteiger partial charge in [0, 0.05) is 5.97 Å². The van der Waals surface area contributed by atoms with Crippen LogP contribution in [0.2, 0.25) is 0 Å². The molecule has 0 fully saturated rings. The highest BCUT2D eigenvalue weighted by atomic mass is 16.4. The van der Waals surface area contributed by atoms with Crippen LogP contribution in [0.1, 0.15) is 104 Å². The third kappa shape index (κ3) is 13.9. The molecule has 1 unspecified atom stereocenters. The van der Waals surface area contributed by atoms with Crippen LogP contribution in [-0.2, 0) is 4.79 Å². The van der Waals surface area contributed by atoms with Gasteiger partial charge in [0.05, 0.1) is 0 Å². The number of unbranched alkanes of at least 4 members (excludes halogenated alkanes) is 9. The first-order valence-electron chi connectivity index (χ1n) is 8.90. The zero-order valence-corrected chi connectivity index (χ0v) is 13.8. The summed E-state index contributed by atoms with van der Waals surface area (Å²) in [5, 5.41) is 10.7. The van der Waals surface area contributed by atoms with Crippen molar-refractivity contribution in [1.82, 2.24) is 0 Å². The van der Waals surface area contributed by atoms with Gasteiger partial charge in [-0.05, 0) is 12.3 Å². The molecular weight excluding hydrogens is 248 g/mol. The lowest BCUT2D eigenvalue weighted by atomic mass is 9.92. The second kappa shape index (κ2) is 14.9. The van der Waals surface area contributed by atoms with Crippen LogP contribution < -0.4 is 5.11 Å². The van der Waals surface area contributed by atoms with Crippen molar-refractivity contribution in [2.45, 2.75) is 104 Å². The molecular formula is C18H35O2-. The highest BCUT2D eigenvalue weighted by Crippen LogP contribution is 2.20. The minimum Gasteiger partial charge on any atom is -0.550 e. The van der Waals surface area contributed by atoms with Gasteiger partial charge in [-0.2, -0.15) is 0 Å². The minimum atomic E-state index is -0.873. The van der Waals surface area contributed by atoms with E-state index in [1.54, 1.807) is 0 Å². The third-order valence-corrected chi connectivity index (χ3v) is 4.14. The molecule has 0 spiro atoms. The van der Waals surface area contributed by atoms with Gasteiger partial charge in [0.2, 0.25) is 0 Å². The van der Waals surface area contributed by atoms with Crippen LogP contribution in [0, 0.1) is 5.92 Å². The SMILES string of the molecule is CCCCCCCCCCCC(CCCC)CC(=O)[O-]. The Kier molecular flexibility index (Phi) is 14.5. The van der Waals surface area contributed by atoms with Crippen molar-refractivity contribution in [1.29, 1.82) is 0 Å². The summed E-state index contributed by atoms with van der Waals surface area (Å²) in [6.45, 7) is 4.41. The topological polar surface area (TPSA) is 40.1 Å². The average Bonchev–Trinajstić information content (AvgIpc) is 2.42. The third-order valence-electron chi connectivity index (χ3n) is 4.14. The number of hydrogen-bond donors (Lipinski definition) is 0. The highest BCUT2D eigenvalue weighted by molar-refractivity contribution is 5.64. The molecule has 0 N–H and O–H groups in total. The van der Waals surface area contributed by atoms with Gasteiger partial charge in [-0.3, -0.25) is 0 Å². The van der Waals surface area contributed by atoms with E-state index in [4.69, 9.17) is 0 Å². The molecule has 0 aliphatic rings. The normalized spacial score (nSPS) is 12.5. The van der Waals surface area contributed by atoms with Gasteiger partial charge in [-0.25, -0.2) is 0 Å². The summed E-state index contributed by atoms with van der Waals surface area (Å²) in [6.07, 6.45) is 16.7. The molecule has 2 nitrogen and oxygen atoms in total. The predicted octanol–water partition coefficient (Wildman–Crippen LogP) is 4.85. The summed E-state index contributed by atoms with van der Waals surface area (Å²) in [7, 11) is 0. The molecule has 0 aromatic heterocycles. The number of carbonyl (C=O) groups is 1. The molecule has 20 heavy (non-hydrogen) atoms. The van der Waals surface area contributed by atoms with Gasteiger partial charge < -0.3 is 9.90 Å². The Morgan fingerprint density at radius 2 is 1.20 bits per heavy atom. The first-order valence-corrected chi connectivity index (χ1v) is 8.90. The number of hydrogen-bond acceptors (Lipinski definition) is 2. The summed E-state index contributed by atoms with van der Waals surface area (Å²) in [5.74, 6) is -0.522. The lowest BCUT2D eigenvalue weighted by Crippen LogP contribution is -2.25. The molecule has 0 aliphatic heterocycles. The summed E-state index contributed by atoms with van der Waals surface area (Å²) >= 11 is 0. The second-order valence-electron chi connectivity index (χ2n) is 6.20. The maximum Gasteiger partial charge on any atom is 0.0417 e. The van der Waals surface area contributed by atoms with E-state index in [2.05, 4.69) is 13.8 Å². The van der Waals surface area contributed by atoms with E-state index in [0.717, 1.165) is 25.7 Å². The zero-order chi connectivity index (χ0) is 15.1. The van der Waals surface area contributed by atoms with Crippen LogP contribution in [-0.4, -0.2) is 5.97 Å². The first kappa shape index (κ1) is 19.5. The van der Waals surface area contributed by atoms with Crippen LogP contribution in [0.15, 0.2) is 0 Å². The fraction of sp³-hybridized carbons (Fsp3) is 0.944. The number of rotatable bonds is 15. The molecule has 0 bridgehead atoms. The van der Waals surface area contributed by atoms with Crippen LogP contribution in [0.4, 0.5) is 0 Å². The molecule has 0 amide bonds. The monoisotopic (exact) mass is 283 g/mol. The lowest BCUT2D eigenvalue weighted by Gasteiger charge is -2.17. The fourth-order valence-electron chi connectivity index (χ4n) is 2.82. The zero-order valence-electron chi connectivity index (χ0n) is 13.8. The van der Waals surface area contributed by atoms with Crippen LogP contribution in [0.3, 0.4) is 0 Å². The maximum atomic E-state index is 10.7. The molecule has 0 aromatic carbocycles. The van der Waals surface area contributed by atoms with Crippen molar-refractivity contribution in [2.75, 3.05) is 0 Å². The highest BCUT2D eigenvalue weighted by Gasteiger charge is 2.08. The molecule has 0 saturated carbocycles. The van der Waals surface area contributed by atoms with E-state index >= 15 is 0 Å². The largest absolute Gasteiger partial charge is 0.550 e. The molecule has 0 aliphatic carbocycles. The Hall–Kier alpha value is -0.530. The second-order valence-corrected chi connectivity index (χ2v) is 6.20. The van der Waals surface area contributed by atoms with Crippen LogP contribution in [0.25, 0.3) is 0 Å². The summed E-state index contributed by atoms with van der Waals surface area (Å²) in [4.78, 5) is 10.7. The van der Waals surface area contributed by atoms with Crippen molar-refractivity contribution in [3.63, 3.8) is 0 Å². The fourth-order valence-corrected chi connectivity index (χ4v) is 2.82. The first-order chi connectivity index (χ1) is 9.70. The Labute approximate surface area is 126 Å². The molecule has 120 valence electrons. The molecule has 0 heterocycles. The summed E-state index contributed by atoms with van der Waals surface area (Å²) in [6, 6.07) is 0. The quantitative estimate of drug-likeness (QED) is 0.403. The van der Waals surface area contributed by atoms with E-state index in [1.165, 1.54) is 57.8 Å². The molecule has 2 heteroatoms. The predicted molar refractivity (Wildman–Crippen MR) is 84.5 cm³/mol. The number of carbonyl (C=O) groups excluding carboxylic acids is 1. The van der Waals surface area contributed by atoms with Crippen LogP contribution in [0.5, 0.6) is 0 Å². The lowest BCUT2D eigenvalue weighted by molar-refractivity contribution is -0.306. The van der Waals surface area contributed by atoms with E-state index < -0.39 is 5.97 Å². The Bertz CT molecular complexity index is 213. The maximum absolute atomic E-state index is 10.7. The van der Waals surface area contributed by atoms with Gasteiger partial charge in [-0.15, -0.1) is 0 Å². The summed E-state index contributed by atoms with van der Waals surface area (Å²) in [5.41, 5.74) is 0.